The van der Waals surface area contributed by atoms with Crippen LogP contribution in [0.2, 0.25) is 0 Å². The van der Waals surface area contributed by atoms with E-state index >= 15 is 0 Å². The maximum absolute atomic E-state index is 8.77. The van der Waals surface area contributed by atoms with Crippen molar-refractivity contribution in [2.24, 2.45) is 11.7 Å². The number of rotatable bonds is 14. The molecule has 3 aromatic rings. The fraction of sp³-hybridized carbons (Fsp3) is 0.429. The second-order valence-corrected chi connectivity index (χ2v) is 10.7. The molecule has 0 spiro atoms. The van der Waals surface area contributed by atoms with Gasteiger partial charge in [0.15, 0.2) is 0 Å². The van der Waals surface area contributed by atoms with Gasteiger partial charge >= 0.3 is 0 Å². The number of nitrogens with two attached hydrogens (primary N) is 1. The molecule has 194 valence electrons. The van der Waals surface area contributed by atoms with Crippen molar-refractivity contribution >= 4 is 17.2 Å². The van der Waals surface area contributed by atoms with Crippen LogP contribution in [0.1, 0.15) is 55.0 Å². The van der Waals surface area contributed by atoms with Crippen LogP contribution >= 0.6 is 11.3 Å². The van der Waals surface area contributed by atoms with Gasteiger partial charge in [-0.25, -0.2) is 4.98 Å². The molecule has 1 unspecified atom stereocenters. The van der Waals surface area contributed by atoms with Crippen LogP contribution in [0.4, 0.5) is 0 Å². The van der Waals surface area contributed by atoms with E-state index in [2.05, 4.69) is 26.0 Å². The van der Waals surface area contributed by atoms with Crippen LogP contribution < -0.4 is 20.7 Å². The van der Waals surface area contributed by atoms with Gasteiger partial charge in [0.2, 0.25) is 0 Å². The zero-order chi connectivity index (χ0) is 25.9. The van der Waals surface area contributed by atoms with Crippen LogP contribution in [0.5, 0.6) is 11.5 Å². The lowest BCUT2D eigenvalue weighted by Crippen LogP contribution is -2.24. The van der Waals surface area contributed by atoms with E-state index in [0.717, 1.165) is 59.9 Å². The van der Waals surface area contributed by atoms with Gasteiger partial charge in [0.1, 0.15) is 17.3 Å². The molecule has 1 aromatic heterocycles. The van der Waals surface area contributed by atoms with Crippen molar-refractivity contribution in [3.8, 4) is 22.8 Å². The molecule has 0 radical (unpaired) electrons. The number of nitrogens with zero attached hydrogens (tertiary/aromatic N) is 1. The summed E-state index contributed by atoms with van der Waals surface area (Å²) in [5.74, 6) is 2.16. The molecule has 0 aliphatic rings. The molecule has 5 N–H and O–H groups in total. The number of aromatic nitrogens is 1. The Balaban J connectivity index is 1.38. The number of thiazole rings is 1. The normalized spacial score (nSPS) is 11.9. The number of hydroxylamine groups is 1. The summed E-state index contributed by atoms with van der Waals surface area (Å²) in [6, 6.07) is 15.4. The summed E-state index contributed by atoms with van der Waals surface area (Å²) in [4.78, 5) is 6.03. The Kier molecular flexibility index (Phi) is 10.7. The van der Waals surface area contributed by atoms with Gasteiger partial charge in [-0.2, -0.15) is 0 Å². The summed E-state index contributed by atoms with van der Waals surface area (Å²) in [6.07, 6.45) is 4.76. The van der Waals surface area contributed by atoms with E-state index < -0.39 is 0 Å². The molecule has 0 bridgehead atoms. The van der Waals surface area contributed by atoms with Crippen LogP contribution in [0, 0.1) is 18.3 Å². The summed E-state index contributed by atoms with van der Waals surface area (Å²) < 4.78 is 11.7. The number of unbranched alkanes of at least 4 members (excludes halogenated alkanes) is 2. The minimum Gasteiger partial charge on any atom is -0.494 e. The lowest BCUT2D eigenvalue weighted by Gasteiger charge is -2.14. The Bertz CT molecular complexity index is 1080. The van der Waals surface area contributed by atoms with E-state index in [0.29, 0.717) is 24.7 Å². The van der Waals surface area contributed by atoms with Gasteiger partial charge in [0.25, 0.3) is 0 Å². The molecule has 0 amide bonds. The smallest absolute Gasteiger partial charge is 0.149 e. The molecule has 1 atom stereocenters. The second kappa shape index (κ2) is 14.0. The maximum atomic E-state index is 8.77. The molecule has 1 heterocycles. The van der Waals surface area contributed by atoms with Gasteiger partial charge in [-0.3, -0.25) is 16.1 Å². The predicted molar refractivity (Wildman–Crippen MR) is 146 cm³/mol. The number of ether oxygens (including phenoxy) is 2. The highest BCUT2D eigenvalue weighted by Gasteiger charge is 2.15. The van der Waals surface area contributed by atoms with Gasteiger partial charge < -0.3 is 15.2 Å². The van der Waals surface area contributed by atoms with E-state index in [9.17, 15) is 0 Å². The lowest BCUT2D eigenvalue weighted by atomic mass is 10.00. The third kappa shape index (κ3) is 8.62. The Morgan fingerprint density at radius 2 is 1.58 bits per heavy atom. The second-order valence-electron chi connectivity index (χ2n) is 9.39. The molecule has 0 saturated heterocycles. The Labute approximate surface area is 218 Å². The van der Waals surface area contributed by atoms with E-state index in [1.165, 1.54) is 4.88 Å². The zero-order valence-corrected chi connectivity index (χ0v) is 22.2. The minimum atomic E-state index is -0.0407. The van der Waals surface area contributed by atoms with Crippen molar-refractivity contribution in [3.63, 3.8) is 0 Å². The van der Waals surface area contributed by atoms with E-state index in [-0.39, 0.29) is 11.9 Å². The van der Waals surface area contributed by atoms with Gasteiger partial charge in [0.05, 0.1) is 23.9 Å². The van der Waals surface area contributed by atoms with Crippen LogP contribution in [-0.4, -0.2) is 35.3 Å². The summed E-state index contributed by atoms with van der Waals surface area (Å²) >= 11 is 1.74. The quantitative estimate of drug-likeness (QED) is 0.0920. The molecular formula is C28H38N4O3S. The van der Waals surface area contributed by atoms with E-state index in [1.54, 1.807) is 35.6 Å². The predicted octanol–water partition coefficient (Wildman–Crippen LogP) is 5.97. The molecule has 0 saturated carbocycles. The summed E-state index contributed by atoms with van der Waals surface area (Å²) in [5, 5.41) is 17.4. The number of hydrogen-bond acceptors (Lipinski definition) is 7. The standard InChI is InChI=1S/C28H38N4O3S/c1-19(2)17-23(29)18-26-27(31-20(3)36-26)21-7-11-24(12-8-21)34-15-5-4-6-16-35-25-13-9-22(10-14-25)28(30)32-33/h7-14,19,23,33H,4-6,15-18,29H2,1-3H3,(H2,30,32). The molecule has 0 fully saturated rings. The summed E-state index contributed by atoms with van der Waals surface area (Å²) in [6.45, 7) is 7.75. The maximum Gasteiger partial charge on any atom is 0.149 e. The van der Waals surface area contributed by atoms with E-state index in [1.807, 2.05) is 24.5 Å². The number of aryl methyl sites for hydroxylation is 1. The third-order valence-corrected chi connectivity index (χ3v) is 6.73. The number of benzene rings is 2. The van der Waals surface area contributed by atoms with Crippen molar-refractivity contribution in [1.29, 1.82) is 5.41 Å². The zero-order valence-electron chi connectivity index (χ0n) is 21.4. The molecule has 0 aliphatic carbocycles. The fourth-order valence-electron chi connectivity index (χ4n) is 4.01. The highest BCUT2D eigenvalue weighted by atomic mass is 32.1. The first-order chi connectivity index (χ1) is 17.4. The molecule has 2 aromatic carbocycles. The highest BCUT2D eigenvalue weighted by Crippen LogP contribution is 2.31. The number of hydrogen-bond donors (Lipinski definition) is 4. The number of nitrogens with one attached hydrogen (secondary N) is 2. The summed E-state index contributed by atoms with van der Waals surface area (Å²) in [5.41, 5.74) is 10.9. The lowest BCUT2D eigenvalue weighted by molar-refractivity contribution is 0.234. The average molecular weight is 511 g/mol. The average Bonchev–Trinajstić information content (AvgIpc) is 3.22. The first kappa shape index (κ1) is 27.6. The van der Waals surface area contributed by atoms with Crippen molar-refractivity contribution in [2.45, 2.75) is 58.9 Å². The van der Waals surface area contributed by atoms with E-state index in [4.69, 9.17) is 30.8 Å². The van der Waals surface area contributed by atoms with Crippen molar-refractivity contribution < 1.29 is 14.7 Å². The molecule has 36 heavy (non-hydrogen) atoms. The topological polar surface area (TPSA) is 113 Å². The number of amidine groups is 1. The Morgan fingerprint density at radius 1 is 1.00 bits per heavy atom. The Hall–Kier alpha value is -2.94. The molecular weight excluding hydrogens is 472 g/mol. The van der Waals surface area contributed by atoms with Crippen molar-refractivity contribution in [3.05, 3.63) is 64.0 Å². The molecule has 0 aliphatic heterocycles. The molecule has 7 nitrogen and oxygen atoms in total. The van der Waals surface area contributed by atoms with Gasteiger partial charge in [-0.15, -0.1) is 11.3 Å². The van der Waals surface area contributed by atoms with Crippen LogP contribution in [0.3, 0.4) is 0 Å². The van der Waals surface area contributed by atoms with Crippen LogP contribution in [0.25, 0.3) is 11.3 Å². The largest absolute Gasteiger partial charge is 0.494 e. The minimum absolute atomic E-state index is 0.0407. The van der Waals surface area contributed by atoms with Crippen LogP contribution in [-0.2, 0) is 6.42 Å². The van der Waals surface area contributed by atoms with Crippen molar-refractivity contribution in [2.75, 3.05) is 13.2 Å². The monoisotopic (exact) mass is 510 g/mol. The summed E-state index contributed by atoms with van der Waals surface area (Å²) in [7, 11) is 0. The molecule has 8 heteroatoms. The first-order valence-corrected chi connectivity index (χ1v) is 13.3. The molecule has 3 rings (SSSR count). The van der Waals surface area contributed by atoms with Gasteiger partial charge in [-0.1, -0.05) is 13.8 Å². The Morgan fingerprint density at radius 3 is 2.14 bits per heavy atom. The van der Waals surface area contributed by atoms with Gasteiger partial charge in [-0.05, 0) is 93.5 Å². The SMILES string of the molecule is Cc1nc(-c2ccc(OCCCCCOc3ccc(C(=N)NO)cc3)cc2)c(CC(N)CC(C)C)s1. The first-order valence-electron chi connectivity index (χ1n) is 12.5. The van der Waals surface area contributed by atoms with Crippen molar-refractivity contribution in [1.82, 2.24) is 10.5 Å². The van der Waals surface area contributed by atoms with Crippen LogP contribution in [0.15, 0.2) is 48.5 Å². The van der Waals surface area contributed by atoms with Gasteiger partial charge in [0, 0.05) is 22.0 Å². The third-order valence-electron chi connectivity index (χ3n) is 5.73. The fourth-order valence-corrected chi connectivity index (χ4v) is 5.06. The highest BCUT2D eigenvalue weighted by molar-refractivity contribution is 7.12.